The zero-order valence-corrected chi connectivity index (χ0v) is 12.9. The Morgan fingerprint density at radius 3 is 2.67 bits per heavy atom. The maximum Gasteiger partial charge on any atom is 0.130 e. The smallest absolute Gasteiger partial charge is 0.130 e. The molecular weight excluding hydrogens is 280 g/mol. The van der Waals surface area contributed by atoms with Crippen molar-refractivity contribution in [3.63, 3.8) is 0 Å². The molecule has 0 aliphatic carbocycles. The molecule has 2 N–H and O–H groups in total. The molecular formula is C17H20N2OS. The number of hydrogen-bond acceptors (Lipinski definition) is 3. The lowest BCUT2D eigenvalue weighted by atomic mass is 10.0. The minimum atomic E-state index is 0.392. The third-order valence-corrected chi connectivity index (χ3v) is 4.21. The van der Waals surface area contributed by atoms with Crippen LogP contribution in [0, 0.1) is 0 Å². The van der Waals surface area contributed by atoms with Crippen LogP contribution >= 0.6 is 12.2 Å². The van der Waals surface area contributed by atoms with Gasteiger partial charge in [-0.1, -0.05) is 42.5 Å². The van der Waals surface area contributed by atoms with E-state index in [1.807, 2.05) is 24.3 Å². The minimum Gasteiger partial charge on any atom is -0.491 e. The first-order valence-electron chi connectivity index (χ1n) is 7.42. The van der Waals surface area contributed by atoms with Crippen molar-refractivity contribution >= 4 is 28.0 Å². The van der Waals surface area contributed by atoms with Gasteiger partial charge in [0.25, 0.3) is 0 Å². The normalized spacial score (nSPS) is 15.4. The van der Waals surface area contributed by atoms with E-state index in [0.29, 0.717) is 11.6 Å². The number of fused-ring (bicyclic) bond motifs is 1. The second-order valence-corrected chi connectivity index (χ2v) is 5.86. The highest BCUT2D eigenvalue weighted by molar-refractivity contribution is 7.80. The molecule has 3 rings (SSSR count). The van der Waals surface area contributed by atoms with Gasteiger partial charge in [-0.3, -0.25) is 4.90 Å². The molecule has 0 saturated carbocycles. The molecule has 0 atom stereocenters. The van der Waals surface area contributed by atoms with Crippen LogP contribution in [0.25, 0.3) is 10.8 Å². The first-order chi connectivity index (χ1) is 10.3. The van der Waals surface area contributed by atoms with Crippen LogP contribution in [0.4, 0.5) is 0 Å². The third kappa shape index (κ3) is 3.17. The minimum absolute atomic E-state index is 0.392. The molecule has 1 fully saturated rings. The predicted octanol–water partition coefficient (Wildman–Crippen LogP) is 2.95. The zero-order valence-electron chi connectivity index (χ0n) is 12.0. The average Bonchev–Trinajstić information content (AvgIpc) is 3.00. The predicted molar refractivity (Wildman–Crippen MR) is 91.0 cm³/mol. The summed E-state index contributed by atoms with van der Waals surface area (Å²) in [7, 11) is 0. The summed E-state index contributed by atoms with van der Waals surface area (Å²) in [6.07, 6.45) is 2.60. The number of likely N-dealkylation sites (tertiary alicyclic amines) is 1. The SMILES string of the molecule is NC(=S)c1c(OCCN2CCCC2)ccc2ccccc12. The summed E-state index contributed by atoms with van der Waals surface area (Å²) in [5.41, 5.74) is 6.77. The molecule has 0 radical (unpaired) electrons. The second-order valence-electron chi connectivity index (χ2n) is 5.42. The highest BCUT2D eigenvalue weighted by Crippen LogP contribution is 2.28. The number of thiocarbonyl (C=S) groups is 1. The van der Waals surface area contributed by atoms with Gasteiger partial charge < -0.3 is 10.5 Å². The molecule has 0 bridgehead atoms. The van der Waals surface area contributed by atoms with Crippen molar-refractivity contribution in [2.75, 3.05) is 26.2 Å². The summed E-state index contributed by atoms with van der Waals surface area (Å²) >= 11 is 5.22. The monoisotopic (exact) mass is 300 g/mol. The van der Waals surface area contributed by atoms with Crippen molar-refractivity contribution in [1.29, 1.82) is 0 Å². The quantitative estimate of drug-likeness (QED) is 0.862. The first-order valence-corrected chi connectivity index (χ1v) is 7.83. The summed E-state index contributed by atoms with van der Waals surface area (Å²) in [5.74, 6) is 0.792. The van der Waals surface area contributed by atoms with E-state index in [0.717, 1.165) is 28.6 Å². The third-order valence-electron chi connectivity index (χ3n) is 4.00. The molecule has 2 aromatic carbocycles. The maximum absolute atomic E-state index is 5.96. The van der Waals surface area contributed by atoms with Crippen molar-refractivity contribution in [3.05, 3.63) is 42.0 Å². The van der Waals surface area contributed by atoms with Crippen LogP contribution in [0.2, 0.25) is 0 Å². The summed E-state index contributed by atoms with van der Waals surface area (Å²) in [6.45, 7) is 4.00. The fourth-order valence-electron chi connectivity index (χ4n) is 2.92. The lowest BCUT2D eigenvalue weighted by Crippen LogP contribution is -2.25. The average molecular weight is 300 g/mol. The number of hydrogen-bond donors (Lipinski definition) is 1. The Bertz CT molecular complexity index is 650. The Balaban J connectivity index is 1.80. The van der Waals surface area contributed by atoms with Crippen molar-refractivity contribution in [2.45, 2.75) is 12.8 Å². The summed E-state index contributed by atoms with van der Waals surface area (Å²) in [5, 5.41) is 2.19. The molecule has 3 nitrogen and oxygen atoms in total. The Morgan fingerprint density at radius 2 is 1.90 bits per heavy atom. The molecule has 0 amide bonds. The molecule has 1 saturated heterocycles. The van der Waals surface area contributed by atoms with Crippen LogP contribution in [0.5, 0.6) is 5.75 Å². The molecule has 21 heavy (non-hydrogen) atoms. The maximum atomic E-state index is 5.96. The van der Waals surface area contributed by atoms with Crippen LogP contribution in [-0.4, -0.2) is 36.1 Å². The number of rotatable bonds is 5. The molecule has 0 unspecified atom stereocenters. The standard InChI is InChI=1S/C17H20N2OS/c18-17(21)16-14-6-2-1-5-13(14)7-8-15(16)20-12-11-19-9-3-4-10-19/h1-2,5-8H,3-4,9-12H2,(H2,18,21). The van der Waals surface area contributed by atoms with Gasteiger partial charge >= 0.3 is 0 Å². The molecule has 0 aromatic heterocycles. The van der Waals surface area contributed by atoms with Crippen molar-refractivity contribution in [1.82, 2.24) is 4.90 Å². The van der Waals surface area contributed by atoms with E-state index in [4.69, 9.17) is 22.7 Å². The van der Waals surface area contributed by atoms with Gasteiger partial charge in [0.05, 0.1) is 5.56 Å². The lowest BCUT2D eigenvalue weighted by molar-refractivity contribution is 0.238. The van der Waals surface area contributed by atoms with E-state index in [1.54, 1.807) is 0 Å². The number of nitrogens with two attached hydrogens (primary N) is 1. The van der Waals surface area contributed by atoms with Crippen LogP contribution in [0.15, 0.2) is 36.4 Å². The van der Waals surface area contributed by atoms with Gasteiger partial charge in [-0.05, 0) is 42.8 Å². The number of ether oxygens (including phenoxy) is 1. The Morgan fingerprint density at radius 1 is 1.14 bits per heavy atom. The van der Waals surface area contributed by atoms with E-state index in [9.17, 15) is 0 Å². The van der Waals surface area contributed by atoms with E-state index in [2.05, 4.69) is 17.0 Å². The highest BCUT2D eigenvalue weighted by Gasteiger charge is 2.13. The molecule has 2 aromatic rings. The van der Waals surface area contributed by atoms with Crippen LogP contribution < -0.4 is 10.5 Å². The van der Waals surface area contributed by atoms with Gasteiger partial charge in [-0.2, -0.15) is 0 Å². The van der Waals surface area contributed by atoms with Crippen molar-refractivity contribution in [2.24, 2.45) is 5.73 Å². The summed E-state index contributed by atoms with van der Waals surface area (Å²) in [4.78, 5) is 2.82. The van der Waals surface area contributed by atoms with Crippen LogP contribution in [0.3, 0.4) is 0 Å². The van der Waals surface area contributed by atoms with E-state index < -0.39 is 0 Å². The summed E-state index contributed by atoms with van der Waals surface area (Å²) in [6, 6.07) is 12.1. The van der Waals surface area contributed by atoms with Crippen LogP contribution in [0.1, 0.15) is 18.4 Å². The van der Waals surface area contributed by atoms with Gasteiger partial charge in [0.1, 0.15) is 17.3 Å². The molecule has 1 aliphatic rings. The molecule has 1 heterocycles. The largest absolute Gasteiger partial charge is 0.491 e. The first kappa shape index (κ1) is 14.3. The lowest BCUT2D eigenvalue weighted by Gasteiger charge is -2.17. The Kier molecular flexibility index (Phi) is 4.36. The van der Waals surface area contributed by atoms with Crippen molar-refractivity contribution < 1.29 is 4.74 Å². The number of benzene rings is 2. The highest BCUT2D eigenvalue weighted by atomic mass is 32.1. The van der Waals surface area contributed by atoms with Gasteiger partial charge in [0.2, 0.25) is 0 Å². The Labute approximate surface area is 130 Å². The van der Waals surface area contributed by atoms with Crippen LogP contribution in [-0.2, 0) is 0 Å². The molecule has 4 heteroatoms. The molecule has 110 valence electrons. The van der Waals surface area contributed by atoms with Gasteiger partial charge in [0.15, 0.2) is 0 Å². The van der Waals surface area contributed by atoms with E-state index >= 15 is 0 Å². The zero-order chi connectivity index (χ0) is 14.7. The van der Waals surface area contributed by atoms with Gasteiger partial charge in [0, 0.05) is 6.54 Å². The number of nitrogens with zero attached hydrogens (tertiary/aromatic N) is 1. The molecule has 0 spiro atoms. The molecule has 1 aliphatic heterocycles. The Hall–Kier alpha value is -1.65. The van der Waals surface area contributed by atoms with Gasteiger partial charge in [-0.25, -0.2) is 0 Å². The van der Waals surface area contributed by atoms with Crippen molar-refractivity contribution in [3.8, 4) is 5.75 Å². The topological polar surface area (TPSA) is 38.5 Å². The van der Waals surface area contributed by atoms with Gasteiger partial charge in [-0.15, -0.1) is 0 Å². The fraction of sp³-hybridized carbons (Fsp3) is 0.353. The van der Waals surface area contributed by atoms with E-state index in [-0.39, 0.29) is 0 Å². The fourth-order valence-corrected chi connectivity index (χ4v) is 3.13. The summed E-state index contributed by atoms with van der Waals surface area (Å²) < 4.78 is 5.96. The van der Waals surface area contributed by atoms with E-state index in [1.165, 1.54) is 25.9 Å². The second kappa shape index (κ2) is 6.41.